The van der Waals surface area contributed by atoms with E-state index in [1.165, 1.54) is 20.8 Å². The van der Waals surface area contributed by atoms with Crippen LogP contribution in [0.3, 0.4) is 0 Å². The van der Waals surface area contributed by atoms with Crippen LogP contribution in [-0.4, -0.2) is 71.2 Å². The molecule has 0 amide bonds. The summed E-state index contributed by atoms with van der Waals surface area (Å²) in [5, 5.41) is 0. The Hall–Kier alpha value is -0.853. The molecule has 0 rings (SSSR count). The maximum absolute atomic E-state index is 13.6. The average Bonchev–Trinajstić information content (AvgIpc) is 2.64. The average molecular weight is 540 g/mol. The van der Waals surface area contributed by atoms with Gasteiger partial charge in [-0.3, -0.25) is 0 Å². The highest BCUT2D eigenvalue weighted by molar-refractivity contribution is 6.60. The summed E-state index contributed by atoms with van der Waals surface area (Å²) in [6.07, 6.45) is -14.7. The van der Waals surface area contributed by atoms with E-state index in [0.29, 0.717) is 0 Å². The molecule has 0 bridgehead atoms. The van der Waals surface area contributed by atoms with Gasteiger partial charge >= 0.3 is 44.8 Å². The molecule has 0 atom stereocenters. The van der Waals surface area contributed by atoms with E-state index in [4.69, 9.17) is 13.3 Å². The zero-order valence-electron chi connectivity index (χ0n) is 17.3. The topological polar surface area (TPSA) is 36.9 Å². The van der Waals surface area contributed by atoms with Gasteiger partial charge in [0.25, 0.3) is 0 Å². The Balaban J connectivity index is 5.63. The van der Waals surface area contributed by atoms with Gasteiger partial charge in [0.15, 0.2) is 0 Å². The predicted molar refractivity (Wildman–Crippen MR) is 86.8 cm³/mol. The third-order valence-electron chi connectivity index (χ3n) is 3.91. The largest absolute Gasteiger partial charge is 0.501 e. The van der Waals surface area contributed by atoms with Gasteiger partial charge in [-0.05, 0) is 27.2 Å². The second-order valence-corrected chi connectivity index (χ2v) is 8.98. The Kier molecular flexibility index (Phi) is 10.5. The molecular weight excluding hydrogens is 519 g/mol. The summed E-state index contributed by atoms with van der Waals surface area (Å²) in [4.78, 5) is 0. The molecule has 0 N–H and O–H groups in total. The molecule has 0 aromatic heterocycles. The predicted octanol–water partition coefficient (Wildman–Crippen LogP) is 6.14. The molecule has 200 valence electrons. The number of hydrogen-bond acceptors (Lipinski definition) is 4. The summed E-state index contributed by atoms with van der Waals surface area (Å²) < 4.78 is 188. The van der Waals surface area contributed by atoms with E-state index < -0.39 is 63.9 Å². The van der Waals surface area contributed by atoms with Crippen molar-refractivity contribution in [2.75, 3.05) is 26.4 Å². The maximum atomic E-state index is 13.6. The fourth-order valence-electron chi connectivity index (χ4n) is 2.34. The van der Waals surface area contributed by atoms with E-state index >= 15 is 0 Å². The molecule has 0 aliphatic rings. The Morgan fingerprint density at radius 1 is 0.545 bits per heavy atom. The highest BCUT2D eigenvalue weighted by Crippen LogP contribution is 2.60. The zero-order valence-corrected chi connectivity index (χ0v) is 18.3. The molecule has 0 saturated carbocycles. The van der Waals surface area contributed by atoms with E-state index in [-0.39, 0.29) is 19.8 Å². The van der Waals surface area contributed by atoms with Gasteiger partial charge in [0.2, 0.25) is 0 Å². The van der Waals surface area contributed by atoms with Crippen molar-refractivity contribution in [3.05, 3.63) is 0 Å². The zero-order chi connectivity index (χ0) is 26.6. The first-order valence-electron chi connectivity index (χ1n) is 9.15. The van der Waals surface area contributed by atoms with Crippen molar-refractivity contribution in [2.24, 2.45) is 0 Å². The highest BCUT2D eigenvalue weighted by atomic mass is 28.4. The summed E-state index contributed by atoms with van der Waals surface area (Å²) in [7, 11) is -3.55. The molecule has 0 unspecified atom stereocenters. The third kappa shape index (κ3) is 6.23. The molecule has 0 spiro atoms. The van der Waals surface area contributed by atoms with E-state index in [1.807, 2.05) is 0 Å². The summed E-state index contributed by atoms with van der Waals surface area (Å²) in [6.45, 7) is 2.90. The van der Waals surface area contributed by atoms with Crippen molar-refractivity contribution in [3.8, 4) is 0 Å². The van der Waals surface area contributed by atoms with Crippen molar-refractivity contribution in [1.82, 2.24) is 0 Å². The van der Waals surface area contributed by atoms with Crippen molar-refractivity contribution in [2.45, 2.75) is 69.2 Å². The first-order valence-corrected chi connectivity index (χ1v) is 11.1. The van der Waals surface area contributed by atoms with Crippen LogP contribution in [0, 0.1) is 0 Å². The van der Waals surface area contributed by atoms with E-state index in [1.54, 1.807) is 0 Å². The van der Waals surface area contributed by atoms with Crippen LogP contribution in [0.1, 0.15) is 27.2 Å². The summed E-state index contributed by atoms with van der Waals surface area (Å²) >= 11 is 0. The van der Waals surface area contributed by atoms with Crippen LogP contribution in [0.2, 0.25) is 6.04 Å². The van der Waals surface area contributed by atoms with Gasteiger partial charge in [-0.15, -0.1) is 0 Å². The van der Waals surface area contributed by atoms with Crippen molar-refractivity contribution in [3.63, 3.8) is 0 Å². The van der Waals surface area contributed by atoms with Crippen LogP contribution < -0.4 is 0 Å². The lowest BCUT2D eigenvalue weighted by atomic mass is 9.97. The SMILES string of the molecule is CCO[Si](CCCOC(F)(F)C(F)(F)C(F)(F)C(F)(F)C(F)(F)C(F)(F)F)(OCC)OCC. The number of halogens is 13. The molecule has 0 heterocycles. The summed E-state index contributed by atoms with van der Waals surface area (Å²) in [6, 6.07) is -0.400. The van der Waals surface area contributed by atoms with Gasteiger partial charge in [0, 0.05) is 25.9 Å². The smallest absolute Gasteiger partial charge is 0.374 e. The first kappa shape index (κ1) is 32.1. The second-order valence-electron chi connectivity index (χ2n) is 6.25. The second kappa shape index (κ2) is 10.8. The molecule has 0 aliphatic carbocycles. The molecule has 0 aliphatic heterocycles. The van der Waals surface area contributed by atoms with Crippen LogP contribution in [0.25, 0.3) is 0 Å². The number of ether oxygens (including phenoxy) is 1. The summed E-state index contributed by atoms with van der Waals surface area (Å²) in [5.74, 6) is -31.1. The Morgan fingerprint density at radius 3 is 1.24 bits per heavy atom. The van der Waals surface area contributed by atoms with Crippen LogP contribution in [-0.2, 0) is 18.0 Å². The highest BCUT2D eigenvalue weighted by Gasteiger charge is 2.91. The molecule has 0 radical (unpaired) electrons. The number of hydrogen-bond donors (Lipinski definition) is 0. The molecular formula is C15H21F13O4Si. The molecule has 4 nitrogen and oxygen atoms in total. The van der Waals surface area contributed by atoms with Crippen molar-refractivity contribution >= 4 is 8.80 Å². The molecule has 0 aromatic carbocycles. The van der Waals surface area contributed by atoms with Crippen LogP contribution >= 0.6 is 0 Å². The molecule has 0 saturated heterocycles. The standard InChI is InChI=1S/C15H21F13O4Si/c1-4-30-33(31-5-2,32-6-3)9-7-8-29-15(27,28)13(22,23)11(18,19)10(16,17)12(20,21)14(24,25)26/h4-9H2,1-3H3. The van der Waals surface area contributed by atoms with E-state index in [9.17, 15) is 57.1 Å². The Morgan fingerprint density at radius 2 is 0.909 bits per heavy atom. The van der Waals surface area contributed by atoms with Gasteiger partial charge in [-0.2, -0.15) is 57.1 Å². The maximum Gasteiger partial charge on any atom is 0.501 e. The third-order valence-corrected chi connectivity index (χ3v) is 7.06. The fourth-order valence-corrected chi connectivity index (χ4v) is 4.92. The van der Waals surface area contributed by atoms with Gasteiger partial charge in [0.1, 0.15) is 0 Å². The van der Waals surface area contributed by atoms with Crippen LogP contribution in [0.4, 0.5) is 57.1 Å². The summed E-state index contributed by atoms with van der Waals surface area (Å²) in [5.41, 5.74) is 0. The fraction of sp³-hybridized carbons (Fsp3) is 1.00. The monoisotopic (exact) mass is 540 g/mol. The van der Waals surface area contributed by atoms with Crippen LogP contribution in [0.5, 0.6) is 0 Å². The van der Waals surface area contributed by atoms with Gasteiger partial charge in [-0.25, -0.2) is 0 Å². The lowest BCUT2D eigenvalue weighted by molar-refractivity contribution is -0.465. The number of rotatable bonds is 15. The quantitative estimate of drug-likeness (QED) is 0.142. The van der Waals surface area contributed by atoms with Crippen LogP contribution in [0.15, 0.2) is 0 Å². The minimum absolute atomic E-state index is 0.00394. The lowest BCUT2D eigenvalue weighted by Gasteiger charge is -2.39. The van der Waals surface area contributed by atoms with Gasteiger partial charge in [0.05, 0.1) is 6.61 Å². The normalized spacial score (nSPS) is 15.3. The van der Waals surface area contributed by atoms with E-state index in [0.717, 1.165) is 0 Å². The Bertz CT molecular complexity index is 596. The van der Waals surface area contributed by atoms with Gasteiger partial charge in [-0.1, -0.05) is 0 Å². The Labute approximate surface area is 180 Å². The molecule has 18 heteroatoms. The molecule has 0 fully saturated rings. The van der Waals surface area contributed by atoms with Crippen molar-refractivity contribution < 1.29 is 75.1 Å². The molecule has 33 heavy (non-hydrogen) atoms. The van der Waals surface area contributed by atoms with Crippen molar-refractivity contribution in [1.29, 1.82) is 0 Å². The number of alkyl halides is 13. The lowest BCUT2D eigenvalue weighted by Crippen LogP contribution is -2.70. The molecule has 0 aromatic rings. The van der Waals surface area contributed by atoms with Gasteiger partial charge < -0.3 is 18.0 Å². The minimum Gasteiger partial charge on any atom is -0.374 e. The van der Waals surface area contributed by atoms with E-state index in [2.05, 4.69) is 4.74 Å². The first-order chi connectivity index (χ1) is 14.6. The minimum atomic E-state index is -7.96.